The summed E-state index contributed by atoms with van der Waals surface area (Å²) in [5.41, 5.74) is 2.59. The number of thioether (sulfide) groups is 1. The zero-order chi connectivity index (χ0) is 21.8. The summed E-state index contributed by atoms with van der Waals surface area (Å²) in [5.74, 6) is 0.444. The first kappa shape index (κ1) is 21.1. The Morgan fingerprint density at radius 3 is 2.94 bits per heavy atom. The summed E-state index contributed by atoms with van der Waals surface area (Å²) in [4.78, 5) is 21.5. The van der Waals surface area contributed by atoms with Crippen molar-refractivity contribution in [3.8, 4) is 5.75 Å². The Balaban J connectivity index is 1.56. The van der Waals surface area contributed by atoms with E-state index in [4.69, 9.17) is 16.3 Å². The third kappa shape index (κ3) is 4.98. The molecule has 1 amide bonds. The van der Waals surface area contributed by atoms with Crippen molar-refractivity contribution in [2.45, 2.75) is 17.5 Å². The molecule has 4 aromatic rings. The molecule has 4 rings (SSSR count). The zero-order valence-electron chi connectivity index (χ0n) is 16.5. The Bertz CT molecular complexity index is 1250. The number of methoxy groups -OCH3 is 1. The maximum atomic E-state index is 14.0. The quantitative estimate of drug-likeness (QED) is 0.389. The SMILES string of the molecule is COc1cccc(CSc2nc3ccncc3n2CC(=O)Nc2ccc(Cl)cc2F)c1. The van der Waals surface area contributed by atoms with Crippen molar-refractivity contribution in [2.24, 2.45) is 0 Å². The monoisotopic (exact) mass is 456 g/mol. The number of aromatic nitrogens is 3. The molecule has 158 valence electrons. The molecule has 0 bridgehead atoms. The fourth-order valence-corrected chi connectivity index (χ4v) is 4.16. The topological polar surface area (TPSA) is 69.0 Å². The molecular weight excluding hydrogens is 439 g/mol. The number of pyridine rings is 1. The molecular formula is C22H18ClFN4O2S. The van der Waals surface area contributed by atoms with Gasteiger partial charge in [-0.15, -0.1) is 0 Å². The van der Waals surface area contributed by atoms with E-state index in [0.717, 1.165) is 28.4 Å². The van der Waals surface area contributed by atoms with Gasteiger partial charge in [-0.1, -0.05) is 35.5 Å². The number of anilines is 1. The largest absolute Gasteiger partial charge is 0.497 e. The van der Waals surface area contributed by atoms with Crippen LogP contribution in [0.4, 0.5) is 10.1 Å². The Morgan fingerprint density at radius 1 is 1.26 bits per heavy atom. The minimum absolute atomic E-state index is 0.0370. The van der Waals surface area contributed by atoms with Crippen LogP contribution in [0.3, 0.4) is 0 Å². The van der Waals surface area contributed by atoms with E-state index in [2.05, 4.69) is 15.3 Å². The number of amides is 1. The van der Waals surface area contributed by atoms with Crippen LogP contribution >= 0.6 is 23.4 Å². The van der Waals surface area contributed by atoms with E-state index in [0.29, 0.717) is 10.9 Å². The van der Waals surface area contributed by atoms with Crippen molar-refractivity contribution in [1.82, 2.24) is 14.5 Å². The maximum absolute atomic E-state index is 14.0. The molecule has 9 heteroatoms. The third-order valence-electron chi connectivity index (χ3n) is 4.52. The van der Waals surface area contributed by atoms with Crippen LogP contribution in [0.15, 0.2) is 66.1 Å². The number of imidazole rings is 1. The molecule has 0 fully saturated rings. The molecule has 0 aliphatic carbocycles. The second-order valence-electron chi connectivity index (χ2n) is 6.66. The van der Waals surface area contributed by atoms with Gasteiger partial charge in [-0.3, -0.25) is 9.78 Å². The van der Waals surface area contributed by atoms with Crippen molar-refractivity contribution in [3.05, 3.63) is 77.3 Å². The minimum Gasteiger partial charge on any atom is -0.497 e. The number of hydrogen-bond acceptors (Lipinski definition) is 5. The number of rotatable bonds is 7. The van der Waals surface area contributed by atoms with Crippen LogP contribution in [-0.2, 0) is 17.1 Å². The van der Waals surface area contributed by atoms with Crippen molar-refractivity contribution in [3.63, 3.8) is 0 Å². The number of nitrogens with one attached hydrogen (secondary N) is 1. The highest BCUT2D eigenvalue weighted by Gasteiger charge is 2.16. The van der Waals surface area contributed by atoms with Crippen LogP contribution in [0, 0.1) is 5.82 Å². The number of carbonyl (C=O) groups excluding carboxylic acids is 1. The lowest BCUT2D eigenvalue weighted by Gasteiger charge is -2.11. The van der Waals surface area contributed by atoms with E-state index in [1.54, 1.807) is 30.1 Å². The Labute approximate surface area is 187 Å². The number of ether oxygens (including phenoxy) is 1. The Kier molecular flexibility index (Phi) is 6.39. The Hall–Kier alpha value is -3.10. The molecule has 2 aromatic heterocycles. The number of nitrogens with zero attached hydrogens (tertiary/aromatic N) is 3. The Morgan fingerprint density at radius 2 is 2.13 bits per heavy atom. The van der Waals surface area contributed by atoms with E-state index in [-0.39, 0.29) is 23.2 Å². The van der Waals surface area contributed by atoms with Crippen LogP contribution in [-0.4, -0.2) is 27.6 Å². The van der Waals surface area contributed by atoms with Crippen LogP contribution in [0.25, 0.3) is 11.0 Å². The average Bonchev–Trinajstić information content (AvgIpc) is 3.12. The highest BCUT2D eigenvalue weighted by molar-refractivity contribution is 7.98. The predicted octanol–water partition coefficient (Wildman–Crippen LogP) is 5.16. The normalized spacial score (nSPS) is 10.9. The predicted molar refractivity (Wildman–Crippen MR) is 120 cm³/mol. The number of carbonyl (C=O) groups is 1. The van der Waals surface area contributed by atoms with Gasteiger partial charge in [0.1, 0.15) is 18.1 Å². The highest BCUT2D eigenvalue weighted by Crippen LogP contribution is 2.28. The first-order valence-electron chi connectivity index (χ1n) is 9.34. The van der Waals surface area contributed by atoms with E-state index in [1.165, 1.54) is 23.9 Å². The lowest BCUT2D eigenvalue weighted by Crippen LogP contribution is -2.20. The molecule has 0 radical (unpaired) electrons. The van der Waals surface area contributed by atoms with Crippen LogP contribution in [0.2, 0.25) is 5.02 Å². The standard InChI is InChI=1S/C22H18ClFN4O2S/c1-30-16-4-2-3-14(9-16)13-31-22-27-19-7-8-25-11-20(19)28(22)12-21(29)26-18-6-5-15(23)10-17(18)24/h2-11H,12-13H2,1H3,(H,26,29). The molecule has 2 aromatic carbocycles. The van der Waals surface area contributed by atoms with Gasteiger partial charge in [0.2, 0.25) is 5.91 Å². The van der Waals surface area contributed by atoms with Gasteiger partial charge < -0.3 is 14.6 Å². The molecule has 0 saturated heterocycles. The summed E-state index contributed by atoms with van der Waals surface area (Å²) in [6.07, 6.45) is 3.31. The lowest BCUT2D eigenvalue weighted by atomic mass is 10.2. The van der Waals surface area contributed by atoms with E-state index in [9.17, 15) is 9.18 Å². The summed E-state index contributed by atoms with van der Waals surface area (Å²) in [5, 5.41) is 3.52. The lowest BCUT2D eigenvalue weighted by molar-refractivity contribution is -0.116. The molecule has 0 spiro atoms. The van der Waals surface area contributed by atoms with Gasteiger partial charge in [0.15, 0.2) is 5.16 Å². The van der Waals surface area contributed by atoms with E-state index < -0.39 is 5.82 Å². The maximum Gasteiger partial charge on any atom is 0.244 e. The molecule has 6 nitrogen and oxygen atoms in total. The molecule has 0 aliphatic heterocycles. The summed E-state index contributed by atoms with van der Waals surface area (Å²) >= 11 is 7.27. The third-order valence-corrected chi connectivity index (χ3v) is 5.81. The number of halogens is 2. The van der Waals surface area contributed by atoms with Gasteiger partial charge in [-0.2, -0.15) is 0 Å². The van der Waals surface area contributed by atoms with Gasteiger partial charge >= 0.3 is 0 Å². The van der Waals surface area contributed by atoms with Crippen molar-refractivity contribution in [1.29, 1.82) is 0 Å². The number of benzene rings is 2. The second-order valence-corrected chi connectivity index (χ2v) is 8.04. The van der Waals surface area contributed by atoms with Crippen molar-refractivity contribution in [2.75, 3.05) is 12.4 Å². The van der Waals surface area contributed by atoms with Crippen molar-refractivity contribution >= 4 is 46.0 Å². The van der Waals surface area contributed by atoms with Gasteiger partial charge in [0.25, 0.3) is 0 Å². The van der Waals surface area contributed by atoms with Crippen molar-refractivity contribution < 1.29 is 13.9 Å². The van der Waals surface area contributed by atoms with E-state index >= 15 is 0 Å². The summed E-state index contributed by atoms with van der Waals surface area (Å²) in [6, 6.07) is 13.7. The molecule has 0 atom stereocenters. The zero-order valence-corrected chi connectivity index (χ0v) is 18.1. The first-order valence-corrected chi connectivity index (χ1v) is 10.7. The second kappa shape index (κ2) is 9.36. The fourth-order valence-electron chi connectivity index (χ4n) is 3.05. The van der Waals surface area contributed by atoms with Gasteiger partial charge in [-0.25, -0.2) is 9.37 Å². The molecule has 31 heavy (non-hydrogen) atoms. The summed E-state index contributed by atoms with van der Waals surface area (Å²) in [6.45, 7) is -0.0370. The first-order chi connectivity index (χ1) is 15.0. The summed E-state index contributed by atoms with van der Waals surface area (Å²) < 4.78 is 21.1. The molecule has 0 aliphatic rings. The van der Waals surface area contributed by atoms with Gasteiger partial charge in [0, 0.05) is 17.0 Å². The highest BCUT2D eigenvalue weighted by atomic mass is 35.5. The number of hydrogen-bond donors (Lipinski definition) is 1. The molecule has 0 saturated carbocycles. The van der Waals surface area contributed by atoms with Crippen LogP contribution in [0.1, 0.15) is 5.56 Å². The average molecular weight is 457 g/mol. The summed E-state index contributed by atoms with van der Waals surface area (Å²) in [7, 11) is 1.63. The molecule has 0 unspecified atom stereocenters. The molecule has 2 heterocycles. The minimum atomic E-state index is -0.592. The van der Waals surface area contributed by atoms with E-state index in [1.807, 2.05) is 24.3 Å². The molecule has 1 N–H and O–H groups in total. The fraction of sp³-hybridized carbons (Fsp3) is 0.136. The number of fused-ring (bicyclic) bond motifs is 1. The van der Waals surface area contributed by atoms with Gasteiger partial charge in [0.05, 0.1) is 30.0 Å². The smallest absolute Gasteiger partial charge is 0.244 e. The van der Waals surface area contributed by atoms with Crippen LogP contribution < -0.4 is 10.1 Å². The van der Waals surface area contributed by atoms with Crippen LogP contribution in [0.5, 0.6) is 5.75 Å². The van der Waals surface area contributed by atoms with Gasteiger partial charge in [-0.05, 0) is 42.0 Å².